The molecule has 4 N–H and O–H groups in total. The monoisotopic (exact) mass is 274 g/mol. The molecule has 1 atom stereocenters. The van der Waals surface area contributed by atoms with Crippen molar-refractivity contribution in [1.82, 2.24) is 24.7 Å². The average Bonchev–Trinajstić information content (AvgIpc) is 2.84. The van der Waals surface area contributed by atoms with Crippen molar-refractivity contribution in [2.24, 2.45) is 17.2 Å². The molecule has 1 aliphatic carbocycles. The van der Waals surface area contributed by atoms with E-state index in [9.17, 15) is 0 Å². The first-order valence-corrected chi connectivity index (χ1v) is 6.55. The van der Waals surface area contributed by atoms with Gasteiger partial charge < -0.3 is 5.32 Å². The van der Waals surface area contributed by atoms with Gasteiger partial charge >= 0.3 is 0 Å². The van der Waals surface area contributed by atoms with Gasteiger partial charge in [-0.3, -0.25) is 5.43 Å². The number of nitrogens with zero attached hydrogens (tertiary/aromatic N) is 5. The first-order valence-electron chi connectivity index (χ1n) is 6.55. The Labute approximate surface area is 116 Å². The molecule has 2 aromatic rings. The van der Waals surface area contributed by atoms with Crippen molar-refractivity contribution in [1.29, 1.82) is 0 Å². The van der Waals surface area contributed by atoms with E-state index < -0.39 is 0 Å². The highest BCUT2D eigenvalue weighted by Gasteiger charge is 2.45. The highest BCUT2D eigenvalue weighted by Crippen LogP contribution is 2.51. The van der Waals surface area contributed by atoms with Gasteiger partial charge in [0.15, 0.2) is 0 Å². The second-order valence-corrected chi connectivity index (χ2v) is 5.65. The quantitative estimate of drug-likeness (QED) is 0.547. The van der Waals surface area contributed by atoms with Crippen LogP contribution in [0.5, 0.6) is 0 Å². The van der Waals surface area contributed by atoms with E-state index in [4.69, 9.17) is 5.84 Å². The lowest BCUT2D eigenvalue weighted by atomic mass is 10.1. The summed E-state index contributed by atoms with van der Waals surface area (Å²) in [5, 5.41) is 7.34. The normalized spacial score (nSPS) is 19.6. The van der Waals surface area contributed by atoms with Crippen LogP contribution in [0.25, 0.3) is 5.95 Å². The van der Waals surface area contributed by atoms with Gasteiger partial charge in [0.1, 0.15) is 0 Å². The van der Waals surface area contributed by atoms with Crippen LogP contribution in [0.15, 0.2) is 18.5 Å². The standard InChI is InChI=1S/C12H18N8/c1-12(2)6-8(12)7-14-9-16-10(19-13)18-11(17-9)20-5-3-4-15-20/h3-5,8H,6-7,13H2,1-2H3,(H2,14,16,17,18,19). The lowest BCUT2D eigenvalue weighted by molar-refractivity contribution is 0.572. The number of hydrogen-bond donors (Lipinski definition) is 3. The van der Waals surface area contributed by atoms with Crippen LogP contribution < -0.4 is 16.6 Å². The Bertz CT molecular complexity index is 592. The first kappa shape index (κ1) is 12.8. The van der Waals surface area contributed by atoms with Gasteiger partial charge in [0.05, 0.1) is 0 Å². The molecule has 0 amide bonds. The number of rotatable bonds is 5. The highest BCUT2D eigenvalue weighted by molar-refractivity contribution is 5.37. The molecule has 0 aliphatic heterocycles. The van der Waals surface area contributed by atoms with E-state index in [1.807, 2.05) is 0 Å². The molecule has 0 aromatic carbocycles. The minimum atomic E-state index is 0.308. The second kappa shape index (κ2) is 4.71. The maximum atomic E-state index is 5.39. The molecule has 106 valence electrons. The molecule has 20 heavy (non-hydrogen) atoms. The zero-order valence-corrected chi connectivity index (χ0v) is 11.5. The summed E-state index contributed by atoms with van der Waals surface area (Å²) in [4.78, 5) is 12.7. The van der Waals surface area contributed by atoms with Gasteiger partial charge in [-0.1, -0.05) is 13.8 Å². The Balaban J connectivity index is 1.78. The molecule has 0 spiro atoms. The summed E-state index contributed by atoms with van der Waals surface area (Å²) in [7, 11) is 0. The summed E-state index contributed by atoms with van der Waals surface area (Å²) in [6.45, 7) is 5.36. The summed E-state index contributed by atoms with van der Waals surface area (Å²) in [5.41, 5.74) is 2.86. The molecule has 1 fully saturated rings. The number of aromatic nitrogens is 5. The molecule has 1 saturated carbocycles. The highest BCUT2D eigenvalue weighted by atomic mass is 15.4. The van der Waals surface area contributed by atoms with Crippen LogP contribution in [0, 0.1) is 11.3 Å². The molecular formula is C12H18N8. The van der Waals surface area contributed by atoms with Gasteiger partial charge in [0.25, 0.3) is 5.95 Å². The van der Waals surface area contributed by atoms with E-state index in [-0.39, 0.29) is 0 Å². The van der Waals surface area contributed by atoms with Crippen LogP contribution in [0.1, 0.15) is 20.3 Å². The van der Waals surface area contributed by atoms with Gasteiger partial charge in [0.2, 0.25) is 11.9 Å². The van der Waals surface area contributed by atoms with Crippen molar-refractivity contribution in [2.75, 3.05) is 17.3 Å². The van der Waals surface area contributed by atoms with E-state index in [2.05, 4.69) is 44.6 Å². The molecule has 0 bridgehead atoms. The average molecular weight is 274 g/mol. The Kier molecular flexibility index (Phi) is 3.01. The number of hydrazine groups is 1. The lowest BCUT2D eigenvalue weighted by Gasteiger charge is -2.09. The Morgan fingerprint density at radius 3 is 2.70 bits per heavy atom. The third kappa shape index (κ3) is 2.55. The van der Waals surface area contributed by atoms with Crippen molar-refractivity contribution in [2.45, 2.75) is 20.3 Å². The van der Waals surface area contributed by atoms with E-state index in [0.717, 1.165) is 6.54 Å². The SMILES string of the molecule is CC1(C)CC1CNc1nc(NN)nc(-n2cccn2)n1. The number of nitrogen functional groups attached to an aromatic ring is 1. The van der Waals surface area contributed by atoms with Crippen molar-refractivity contribution >= 4 is 11.9 Å². The van der Waals surface area contributed by atoms with E-state index >= 15 is 0 Å². The summed E-state index contributed by atoms with van der Waals surface area (Å²) in [6, 6.07) is 1.80. The Hall–Kier alpha value is -2.22. The topological polar surface area (TPSA) is 107 Å². The molecule has 8 nitrogen and oxygen atoms in total. The predicted octanol–water partition coefficient (Wildman–Crippen LogP) is 0.801. The molecule has 8 heteroatoms. The fourth-order valence-corrected chi connectivity index (χ4v) is 2.14. The lowest BCUT2D eigenvalue weighted by Crippen LogP contribution is -2.17. The van der Waals surface area contributed by atoms with Gasteiger partial charge in [0, 0.05) is 18.9 Å². The van der Waals surface area contributed by atoms with Gasteiger partial charge in [-0.2, -0.15) is 20.1 Å². The zero-order valence-electron chi connectivity index (χ0n) is 11.5. The molecule has 0 radical (unpaired) electrons. The smallest absolute Gasteiger partial charge is 0.257 e. The number of hydrogen-bond acceptors (Lipinski definition) is 7. The second-order valence-electron chi connectivity index (χ2n) is 5.65. The summed E-state index contributed by atoms with van der Waals surface area (Å²) < 4.78 is 1.56. The fourth-order valence-electron chi connectivity index (χ4n) is 2.14. The minimum absolute atomic E-state index is 0.308. The van der Waals surface area contributed by atoms with Crippen LogP contribution in [0.2, 0.25) is 0 Å². The van der Waals surface area contributed by atoms with Crippen LogP contribution in [-0.2, 0) is 0 Å². The van der Waals surface area contributed by atoms with Crippen molar-refractivity contribution in [3.63, 3.8) is 0 Å². The van der Waals surface area contributed by atoms with Crippen LogP contribution in [0.3, 0.4) is 0 Å². The minimum Gasteiger partial charge on any atom is -0.354 e. The summed E-state index contributed by atoms with van der Waals surface area (Å²) in [6.07, 6.45) is 4.65. The molecule has 1 unspecified atom stereocenters. The molecular weight excluding hydrogens is 256 g/mol. The van der Waals surface area contributed by atoms with Crippen LogP contribution >= 0.6 is 0 Å². The van der Waals surface area contributed by atoms with Gasteiger partial charge in [-0.25, -0.2) is 10.5 Å². The van der Waals surface area contributed by atoms with Crippen molar-refractivity contribution in [3.8, 4) is 5.95 Å². The number of nitrogens with one attached hydrogen (secondary N) is 2. The molecule has 0 saturated heterocycles. The third-order valence-corrected chi connectivity index (χ3v) is 3.69. The summed E-state index contributed by atoms with van der Waals surface area (Å²) in [5.74, 6) is 7.28. The zero-order chi connectivity index (χ0) is 14.2. The molecule has 3 rings (SSSR count). The fraction of sp³-hybridized carbons (Fsp3) is 0.500. The maximum absolute atomic E-state index is 5.39. The summed E-state index contributed by atoms with van der Waals surface area (Å²) >= 11 is 0. The maximum Gasteiger partial charge on any atom is 0.257 e. The largest absolute Gasteiger partial charge is 0.354 e. The van der Waals surface area contributed by atoms with Crippen LogP contribution in [0.4, 0.5) is 11.9 Å². The first-order chi connectivity index (χ1) is 9.58. The van der Waals surface area contributed by atoms with E-state index in [0.29, 0.717) is 29.2 Å². The molecule has 2 aromatic heterocycles. The number of anilines is 2. The van der Waals surface area contributed by atoms with Crippen molar-refractivity contribution < 1.29 is 0 Å². The Morgan fingerprint density at radius 1 is 1.35 bits per heavy atom. The van der Waals surface area contributed by atoms with Gasteiger partial charge in [-0.05, 0) is 23.8 Å². The number of nitrogens with two attached hydrogens (primary N) is 1. The predicted molar refractivity (Wildman–Crippen MR) is 75.1 cm³/mol. The molecule has 2 heterocycles. The third-order valence-electron chi connectivity index (χ3n) is 3.69. The molecule has 1 aliphatic rings. The Morgan fingerprint density at radius 2 is 2.10 bits per heavy atom. The van der Waals surface area contributed by atoms with E-state index in [1.54, 1.807) is 23.1 Å². The van der Waals surface area contributed by atoms with E-state index in [1.165, 1.54) is 6.42 Å². The van der Waals surface area contributed by atoms with Crippen molar-refractivity contribution in [3.05, 3.63) is 18.5 Å². The van der Waals surface area contributed by atoms with Gasteiger partial charge in [-0.15, -0.1) is 0 Å². The van der Waals surface area contributed by atoms with Crippen LogP contribution in [-0.4, -0.2) is 31.3 Å².